The van der Waals surface area contributed by atoms with Crippen LogP contribution >= 0.6 is 0 Å². The van der Waals surface area contributed by atoms with Crippen molar-refractivity contribution in [3.8, 4) is 11.5 Å². The summed E-state index contributed by atoms with van der Waals surface area (Å²) >= 11 is 0. The third-order valence-corrected chi connectivity index (χ3v) is 7.13. The molecule has 0 aliphatic carbocycles. The molecule has 1 amide bonds. The SMILES string of the molecule is CC(=N)/C(=C/C=C/c1ccc2c(c1)CCCN2c1ccc(/C=C/c2ccc(O)c(O)c2)cc1)C(=O)Nc1ccccc1. The second-order valence-electron chi connectivity index (χ2n) is 10.2. The average Bonchev–Trinajstić information content (AvgIpc) is 3.00. The molecule has 4 aromatic rings. The number of anilines is 3. The van der Waals surface area contributed by atoms with Crippen LogP contribution in [0, 0.1) is 5.41 Å². The summed E-state index contributed by atoms with van der Waals surface area (Å²) < 4.78 is 0. The van der Waals surface area contributed by atoms with E-state index >= 15 is 0 Å². The zero-order chi connectivity index (χ0) is 29.5. The van der Waals surface area contributed by atoms with E-state index in [1.54, 1.807) is 19.1 Å². The number of fused-ring (bicyclic) bond motifs is 1. The maximum absolute atomic E-state index is 12.7. The van der Waals surface area contributed by atoms with Crippen LogP contribution in [0.5, 0.6) is 11.5 Å². The van der Waals surface area contributed by atoms with Gasteiger partial charge in [-0.2, -0.15) is 0 Å². The van der Waals surface area contributed by atoms with E-state index in [-0.39, 0.29) is 23.1 Å². The Labute approximate surface area is 246 Å². The predicted octanol–water partition coefficient (Wildman–Crippen LogP) is 7.97. The summed E-state index contributed by atoms with van der Waals surface area (Å²) in [7, 11) is 0. The molecule has 5 rings (SSSR count). The van der Waals surface area contributed by atoms with E-state index in [2.05, 4.69) is 52.7 Å². The monoisotopic (exact) mass is 555 g/mol. The molecule has 6 nitrogen and oxygen atoms in total. The molecule has 210 valence electrons. The van der Waals surface area contributed by atoms with E-state index in [1.807, 2.05) is 54.6 Å². The van der Waals surface area contributed by atoms with E-state index < -0.39 is 0 Å². The number of phenols is 2. The van der Waals surface area contributed by atoms with Crippen LogP contribution in [0.3, 0.4) is 0 Å². The average molecular weight is 556 g/mol. The molecule has 0 fully saturated rings. The Kier molecular flexibility index (Phi) is 8.64. The summed E-state index contributed by atoms with van der Waals surface area (Å²) in [5.74, 6) is -0.571. The molecule has 4 aromatic carbocycles. The highest BCUT2D eigenvalue weighted by molar-refractivity contribution is 6.23. The van der Waals surface area contributed by atoms with Gasteiger partial charge in [0.05, 0.1) is 5.57 Å². The number of carbonyl (C=O) groups is 1. The van der Waals surface area contributed by atoms with Crippen molar-refractivity contribution in [2.75, 3.05) is 16.8 Å². The van der Waals surface area contributed by atoms with Crippen molar-refractivity contribution < 1.29 is 15.0 Å². The van der Waals surface area contributed by atoms with E-state index in [1.165, 1.54) is 23.4 Å². The summed E-state index contributed by atoms with van der Waals surface area (Å²) in [6, 6.07) is 28.8. The van der Waals surface area contributed by atoms with Crippen molar-refractivity contribution in [2.24, 2.45) is 0 Å². The maximum Gasteiger partial charge on any atom is 0.257 e. The fourth-order valence-electron chi connectivity index (χ4n) is 4.94. The fraction of sp³-hybridized carbons (Fsp3) is 0.111. The number of benzene rings is 4. The lowest BCUT2D eigenvalue weighted by Crippen LogP contribution is -2.24. The summed E-state index contributed by atoms with van der Waals surface area (Å²) in [4.78, 5) is 15.1. The lowest BCUT2D eigenvalue weighted by atomic mass is 9.98. The van der Waals surface area contributed by atoms with Crippen LogP contribution in [0.15, 0.2) is 109 Å². The van der Waals surface area contributed by atoms with Crippen LogP contribution in [0.1, 0.15) is 35.6 Å². The molecule has 6 heteroatoms. The Morgan fingerprint density at radius 2 is 1.52 bits per heavy atom. The molecule has 0 radical (unpaired) electrons. The Bertz CT molecular complexity index is 1690. The van der Waals surface area contributed by atoms with Crippen LogP contribution in [0.2, 0.25) is 0 Å². The molecule has 0 spiro atoms. The first-order valence-electron chi connectivity index (χ1n) is 13.9. The lowest BCUT2D eigenvalue weighted by molar-refractivity contribution is -0.112. The summed E-state index contributed by atoms with van der Waals surface area (Å²) in [5, 5.41) is 30.1. The summed E-state index contributed by atoms with van der Waals surface area (Å²) in [6.45, 7) is 2.55. The molecular formula is C36H33N3O3. The number of aromatic hydroxyl groups is 2. The van der Waals surface area contributed by atoms with Crippen LogP contribution < -0.4 is 10.2 Å². The van der Waals surface area contributed by atoms with Gasteiger partial charge in [-0.05, 0) is 96.6 Å². The molecule has 1 aliphatic rings. The normalized spacial score (nSPS) is 13.4. The first kappa shape index (κ1) is 28.2. The number of phenolic OH excluding ortho intramolecular Hbond substituents is 2. The number of rotatable bonds is 8. The largest absolute Gasteiger partial charge is 0.504 e. The molecule has 0 aromatic heterocycles. The number of aryl methyl sites for hydroxylation is 1. The van der Waals surface area contributed by atoms with E-state index in [0.717, 1.165) is 41.8 Å². The second kappa shape index (κ2) is 12.9. The minimum Gasteiger partial charge on any atom is -0.504 e. The molecule has 42 heavy (non-hydrogen) atoms. The Morgan fingerprint density at radius 1 is 0.833 bits per heavy atom. The first-order chi connectivity index (χ1) is 20.4. The highest BCUT2D eigenvalue weighted by Gasteiger charge is 2.18. The quantitative estimate of drug-likeness (QED) is 0.0583. The van der Waals surface area contributed by atoms with Gasteiger partial charge in [0.15, 0.2) is 11.5 Å². The highest BCUT2D eigenvalue weighted by Crippen LogP contribution is 2.34. The van der Waals surface area contributed by atoms with Gasteiger partial charge >= 0.3 is 0 Å². The molecule has 0 atom stereocenters. The molecule has 0 unspecified atom stereocenters. The smallest absolute Gasteiger partial charge is 0.257 e. The Balaban J connectivity index is 1.28. The number of allylic oxidation sites excluding steroid dienone is 2. The van der Waals surface area contributed by atoms with Gasteiger partial charge in [-0.1, -0.05) is 66.8 Å². The standard InChI is InChI=1S/C36H33N3O3/c1-25(37)32(36(42)38-30-9-3-2-4-10-30)11-5-7-27-16-20-33-29(23-27)8-6-22-39(33)31-18-14-26(15-19-31)12-13-28-17-21-34(40)35(41)24-28/h2-5,7,9-21,23-24,37,40-41H,6,8,22H2,1H3,(H,38,42)/b7-5+,13-12+,32-11-,37-25?. The van der Waals surface area contributed by atoms with Gasteiger partial charge in [-0.15, -0.1) is 0 Å². The van der Waals surface area contributed by atoms with Crippen molar-refractivity contribution in [1.82, 2.24) is 0 Å². The molecule has 0 saturated heterocycles. The highest BCUT2D eigenvalue weighted by atomic mass is 16.3. The van der Waals surface area contributed by atoms with Crippen molar-refractivity contribution in [3.05, 3.63) is 131 Å². The van der Waals surface area contributed by atoms with Gasteiger partial charge in [0.2, 0.25) is 0 Å². The molecule has 1 heterocycles. The van der Waals surface area contributed by atoms with E-state index in [4.69, 9.17) is 5.41 Å². The minimum atomic E-state index is -0.305. The van der Waals surface area contributed by atoms with Gasteiger partial charge in [0.25, 0.3) is 5.91 Å². The van der Waals surface area contributed by atoms with Crippen LogP contribution in [0.4, 0.5) is 17.1 Å². The molecule has 1 aliphatic heterocycles. The summed E-state index contributed by atoms with van der Waals surface area (Å²) in [6.07, 6.45) is 11.4. The third-order valence-electron chi connectivity index (χ3n) is 7.13. The first-order valence-corrected chi connectivity index (χ1v) is 13.9. The van der Waals surface area contributed by atoms with Crippen LogP contribution in [0.25, 0.3) is 18.2 Å². The van der Waals surface area contributed by atoms with Gasteiger partial charge in [0, 0.05) is 29.3 Å². The van der Waals surface area contributed by atoms with Crippen molar-refractivity contribution >= 4 is 46.9 Å². The fourth-order valence-corrected chi connectivity index (χ4v) is 4.94. The number of hydrogen-bond donors (Lipinski definition) is 4. The molecular weight excluding hydrogens is 522 g/mol. The van der Waals surface area contributed by atoms with Gasteiger partial charge < -0.3 is 25.8 Å². The second-order valence-corrected chi connectivity index (χ2v) is 10.2. The Morgan fingerprint density at radius 3 is 2.26 bits per heavy atom. The topological polar surface area (TPSA) is 96.7 Å². The summed E-state index contributed by atoms with van der Waals surface area (Å²) in [5.41, 5.74) is 7.68. The zero-order valence-electron chi connectivity index (χ0n) is 23.4. The number of nitrogens with zero attached hydrogens (tertiary/aromatic N) is 1. The number of amides is 1. The molecule has 0 saturated carbocycles. The third kappa shape index (κ3) is 6.85. The number of hydrogen-bond acceptors (Lipinski definition) is 5. The predicted molar refractivity (Wildman–Crippen MR) is 172 cm³/mol. The zero-order valence-corrected chi connectivity index (χ0v) is 23.4. The lowest BCUT2D eigenvalue weighted by Gasteiger charge is -2.31. The minimum absolute atomic E-state index is 0.131. The van der Waals surface area contributed by atoms with Gasteiger partial charge in [-0.25, -0.2) is 0 Å². The van der Waals surface area contributed by atoms with E-state index in [0.29, 0.717) is 11.3 Å². The Hall–Kier alpha value is -5.36. The van der Waals surface area contributed by atoms with Crippen molar-refractivity contribution in [2.45, 2.75) is 19.8 Å². The molecule has 4 N–H and O–H groups in total. The number of para-hydroxylation sites is 1. The number of carbonyl (C=O) groups excluding carboxylic acids is 1. The van der Waals surface area contributed by atoms with Gasteiger partial charge in [0.1, 0.15) is 0 Å². The van der Waals surface area contributed by atoms with Crippen LogP contribution in [-0.4, -0.2) is 28.4 Å². The van der Waals surface area contributed by atoms with Crippen molar-refractivity contribution in [1.29, 1.82) is 5.41 Å². The van der Waals surface area contributed by atoms with Gasteiger partial charge in [-0.3, -0.25) is 4.79 Å². The van der Waals surface area contributed by atoms with Crippen LogP contribution in [-0.2, 0) is 11.2 Å². The van der Waals surface area contributed by atoms with E-state index in [9.17, 15) is 15.0 Å². The maximum atomic E-state index is 12.7. The van der Waals surface area contributed by atoms with Crippen molar-refractivity contribution in [3.63, 3.8) is 0 Å². The number of nitrogens with one attached hydrogen (secondary N) is 2. The molecule has 0 bridgehead atoms.